The second-order valence-corrected chi connectivity index (χ2v) is 16.5. The van der Waals surface area contributed by atoms with Crippen molar-refractivity contribution in [3.63, 3.8) is 0 Å². The average Bonchev–Trinajstić information content (AvgIpc) is 3.36. The van der Waals surface area contributed by atoms with Crippen LogP contribution >= 0.6 is 94.1 Å². The smallest absolute Gasteiger partial charge is 0.0864 e. The van der Waals surface area contributed by atoms with Crippen LogP contribution in [0.5, 0.6) is 0 Å². The molecule has 0 unspecified atom stereocenters. The van der Waals surface area contributed by atoms with Crippen LogP contribution < -0.4 is 0 Å². The van der Waals surface area contributed by atoms with E-state index in [2.05, 4.69) is 0 Å². The van der Waals surface area contributed by atoms with Crippen molar-refractivity contribution in [2.45, 2.75) is 38.3 Å². The lowest BCUT2D eigenvalue weighted by Crippen LogP contribution is -2.15. The number of hydrogen-bond acceptors (Lipinski definition) is 14. The van der Waals surface area contributed by atoms with Crippen LogP contribution in [0.4, 0.5) is 0 Å². The predicted molar refractivity (Wildman–Crippen MR) is 151 cm³/mol. The molecule has 0 aliphatic carbocycles. The van der Waals surface area contributed by atoms with Crippen molar-refractivity contribution in [2.75, 3.05) is 36.2 Å². The van der Waals surface area contributed by atoms with E-state index in [4.69, 9.17) is 10.2 Å². The largest absolute Gasteiger partial charge is 0.394 e. The van der Waals surface area contributed by atoms with Crippen molar-refractivity contribution in [3.8, 4) is 0 Å². The SMILES string of the molecule is C[C@@H](O)CSC1=C(SC[C@@H](C)O)SC(=C2SC(SC[C@H](O)CO)=C(SC[C@H](O)CO)S2)S1. The zero-order valence-corrected chi connectivity index (χ0v) is 24.0. The molecule has 6 N–H and O–H groups in total. The summed E-state index contributed by atoms with van der Waals surface area (Å²) in [5.41, 5.74) is 0. The van der Waals surface area contributed by atoms with Gasteiger partial charge in [0.05, 0.1) is 63.1 Å². The van der Waals surface area contributed by atoms with E-state index < -0.39 is 24.4 Å². The fourth-order valence-electron chi connectivity index (χ4n) is 1.91. The van der Waals surface area contributed by atoms with E-state index in [-0.39, 0.29) is 13.2 Å². The van der Waals surface area contributed by atoms with Gasteiger partial charge in [-0.05, 0) is 13.8 Å². The van der Waals surface area contributed by atoms with Crippen molar-refractivity contribution >= 4 is 94.1 Å². The Balaban J connectivity index is 2.13. The summed E-state index contributed by atoms with van der Waals surface area (Å²) in [6, 6.07) is 0. The molecular formula is C18H28O6S8. The maximum Gasteiger partial charge on any atom is 0.0864 e. The van der Waals surface area contributed by atoms with Gasteiger partial charge in [-0.15, -0.1) is 47.0 Å². The van der Waals surface area contributed by atoms with Crippen molar-refractivity contribution in [3.05, 3.63) is 25.4 Å². The van der Waals surface area contributed by atoms with Gasteiger partial charge in [0.2, 0.25) is 0 Å². The summed E-state index contributed by atoms with van der Waals surface area (Å²) in [4.78, 5) is 0. The van der Waals surface area contributed by atoms with E-state index in [1.165, 1.54) is 23.5 Å². The van der Waals surface area contributed by atoms with Gasteiger partial charge in [0.15, 0.2) is 0 Å². The number of aliphatic hydroxyl groups excluding tert-OH is 6. The van der Waals surface area contributed by atoms with Crippen molar-refractivity contribution < 1.29 is 30.6 Å². The molecule has 0 aromatic rings. The van der Waals surface area contributed by atoms with E-state index in [1.807, 2.05) is 0 Å². The first-order valence-electron chi connectivity index (χ1n) is 9.62. The van der Waals surface area contributed by atoms with Crippen LogP contribution in [0.15, 0.2) is 25.4 Å². The van der Waals surface area contributed by atoms with E-state index in [9.17, 15) is 20.4 Å². The minimum absolute atomic E-state index is 0.291. The minimum Gasteiger partial charge on any atom is -0.394 e. The fourth-order valence-corrected chi connectivity index (χ4v) is 13.5. The Morgan fingerprint density at radius 3 is 1.09 bits per heavy atom. The summed E-state index contributed by atoms with van der Waals surface area (Å²) in [7, 11) is 0. The Bertz CT molecular complexity index is 658. The average molecular weight is 597 g/mol. The Hall–Kier alpha value is 1.78. The predicted octanol–water partition coefficient (Wildman–Crippen LogP) is 3.73. The summed E-state index contributed by atoms with van der Waals surface area (Å²) < 4.78 is 6.55. The summed E-state index contributed by atoms with van der Waals surface area (Å²) in [5, 5.41) is 57.2. The molecule has 0 radical (unpaired) electrons. The van der Waals surface area contributed by atoms with Crippen LogP contribution in [0.3, 0.4) is 0 Å². The molecule has 184 valence electrons. The molecule has 2 rings (SSSR count). The van der Waals surface area contributed by atoms with Gasteiger partial charge >= 0.3 is 0 Å². The van der Waals surface area contributed by atoms with Crippen LogP contribution in [-0.2, 0) is 0 Å². The third-order valence-corrected chi connectivity index (χ3v) is 15.7. The molecule has 0 saturated heterocycles. The topological polar surface area (TPSA) is 121 Å². The quantitative estimate of drug-likeness (QED) is 0.175. The summed E-state index contributed by atoms with van der Waals surface area (Å²) in [6.07, 6.45) is -2.41. The second-order valence-electron chi connectivity index (χ2n) is 6.75. The highest BCUT2D eigenvalue weighted by Crippen LogP contribution is 2.66. The zero-order valence-electron chi connectivity index (χ0n) is 17.5. The lowest BCUT2D eigenvalue weighted by molar-refractivity contribution is 0.113. The molecule has 0 bridgehead atoms. The van der Waals surface area contributed by atoms with Crippen LogP contribution in [-0.4, -0.2) is 91.3 Å². The Kier molecular flexibility index (Phi) is 14.8. The van der Waals surface area contributed by atoms with Gasteiger partial charge < -0.3 is 30.6 Å². The minimum atomic E-state index is -0.798. The standard InChI is InChI=1S/C18H28O6S8/c1-9(21)5-25-13-14(26-6-10(2)22)30-17(29-13)18-31-15(27-7-11(23)3-19)16(32-18)28-8-12(24)4-20/h9-12,19-24H,3-8H2,1-2H3/t9-,10-,11-,12-/m1/s1. The molecule has 0 aromatic heterocycles. The van der Waals surface area contributed by atoms with Gasteiger partial charge in [0.1, 0.15) is 0 Å². The normalized spacial score (nSPS) is 21.0. The maximum absolute atomic E-state index is 9.75. The third kappa shape index (κ3) is 10.4. The Morgan fingerprint density at radius 2 is 0.844 bits per heavy atom. The maximum atomic E-state index is 9.75. The summed E-state index contributed by atoms with van der Waals surface area (Å²) in [6.45, 7) is 2.95. The molecule has 4 atom stereocenters. The van der Waals surface area contributed by atoms with Gasteiger partial charge in [0.25, 0.3) is 0 Å². The highest BCUT2D eigenvalue weighted by Gasteiger charge is 2.31. The number of thioether (sulfide) groups is 8. The second kappa shape index (κ2) is 15.8. The summed E-state index contributed by atoms with van der Waals surface area (Å²) >= 11 is 12.8. The van der Waals surface area contributed by atoms with E-state index in [1.54, 1.807) is 84.4 Å². The molecule has 2 aliphatic rings. The molecule has 14 heteroatoms. The van der Waals surface area contributed by atoms with E-state index in [0.29, 0.717) is 23.0 Å². The highest BCUT2D eigenvalue weighted by atomic mass is 32.3. The van der Waals surface area contributed by atoms with Gasteiger partial charge in [-0.3, -0.25) is 0 Å². The zero-order chi connectivity index (χ0) is 23.7. The van der Waals surface area contributed by atoms with Gasteiger partial charge in [0, 0.05) is 23.0 Å². The van der Waals surface area contributed by atoms with E-state index in [0.717, 1.165) is 25.4 Å². The van der Waals surface area contributed by atoms with Crippen molar-refractivity contribution in [1.29, 1.82) is 0 Å². The number of aliphatic hydroxyl groups is 6. The summed E-state index contributed by atoms with van der Waals surface area (Å²) in [5.74, 6) is 1.95. The van der Waals surface area contributed by atoms with Gasteiger partial charge in [-0.25, -0.2) is 0 Å². The Labute approximate surface area is 223 Å². The molecule has 0 amide bonds. The number of rotatable bonds is 14. The molecule has 0 spiro atoms. The molecule has 2 aliphatic heterocycles. The molecule has 0 saturated carbocycles. The molecule has 0 aromatic carbocycles. The third-order valence-electron chi connectivity index (χ3n) is 3.39. The van der Waals surface area contributed by atoms with Crippen LogP contribution in [0.1, 0.15) is 13.8 Å². The Morgan fingerprint density at radius 1 is 0.562 bits per heavy atom. The van der Waals surface area contributed by atoms with Gasteiger partial charge in [-0.1, -0.05) is 47.0 Å². The fraction of sp³-hybridized carbons (Fsp3) is 0.667. The lowest BCUT2D eigenvalue weighted by Gasteiger charge is -2.09. The first-order chi connectivity index (χ1) is 15.2. The molecule has 32 heavy (non-hydrogen) atoms. The molecule has 2 heterocycles. The van der Waals surface area contributed by atoms with Gasteiger partial charge in [-0.2, -0.15) is 0 Å². The van der Waals surface area contributed by atoms with Crippen LogP contribution in [0, 0.1) is 0 Å². The van der Waals surface area contributed by atoms with Crippen LogP contribution in [0.2, 0.25) is 0 Å². The highest BCUT2D eigenvalue weighted by molar-refractivity contribution is 8.45. The van der Waals surface area contributed by atoms with E-state index >= 15 is 0 Å². The lowest BCUT2D eigenvalue weighted by atomic mass is 10.4. The first-order valence-corrected chi connectivity index (χ1v) is 16.8. The monoisotopic (exact) mass is 596 g/mol. The first kappa shape index (κ1) is 30.0. The molecule has 6 nitrogen and oxygen atoms in total. The number of hydrogen-bond donors (Lipinski definition) is 6. The van der Waals surface area contributed by atoms with Crippen molar-refractivity contribution in [1.82, 2.24) is 0 Å². The molecule has 0 fully saturated rings. The van der Waals surface area contributed by atoms with Crippen LogP contribution in [0.25, 0.3) is 0 Å². The molecular weight excluding hydrogens is 569 g/mol. The van der Waals surface area contributed by atoms with Crippen molar-refractivity contribution in [2.24, 2.45) is 0 Å².